The molecular weight excluding hydrogens is 397 g/mol. The Bertz CT molecular complexity index is 965. The number of aromatic nitrogens is 1. The van der Waals surface area contributed by atoms with Gasteiger partial charge in [0.05, 0.1) is 6.20 Å². The second kappa shape index (κ2) is 9.47. The number of oxazole rings is 1. The Labute approximate surface area is 171 Å². The fourth-order valence-electron chi connectivity index (χ4n) is 2.66. The van der Waals surface area contributed by atoms with Gasteiger partial charge in [-0.25, -0.2) is 4.98 Å². The van der Waals surface area contributed by atoms with Crippen molar-refractivity contribution in [3.8, 4) is 17.1 Å². The minimum atomic E-state index is -4.38. The van der Waals surface area contributed by atoms with E-state index < -0.39 is 12.8 Å². The third kappa shape index (κ3) is 6.65. The summed E-state index contributed by atoms with van der Waals surface area (Å²) in [5.41, 5.74) is 2.82. The number of alkyl halides is 3. The molecule has 1 amide bonds. The summed E-state index contributed by atoms with van der Waals surface area (Å²) in [7, 11) is 0. The molecule has 0 bridgehead atoms. The molecule has 0 aliphatic heterocycles. The Kier molecular flexibility index (Phi) is 6.76. The van der Waals surface area contributed by atoms with Crippen LogP contribution in [-0.4, -0.2) is 23.7 Å². The van der Waals surface area contributed by atoms with E-state index in [1.54, 1.807) is 18.3 Å². The highest BCUT2D eigenvalue weighted by Gasteiger charge is 2.28. The highest BCUT2D eigenvalue weighted by atomic mass is 19.4. The molecule has 3 aromatic rings. The minimum Gasteiger partial charge on any atom is -0.484 e. The molecule has 0 radical (unpaired) electrons. The summed E-state index contributed by atoms with van der Waals surface area (Å²) >= 11 is 0. The Balaban J connectivity index is 1.42. The molecule has 0 saturated carbocycles. The van der Waals surface area contributed by atoms with Gasteiger partial charge >= 0.3 is 6.18 Å². The maximum absolute atomic E-state index is 12.1. The van der Waals surface area contributed by atoms with Gasteiger partial charge in [-0.15, -0.1) is 0 Å². The minimum absolute atomic E-state index is 0.121. The second-order valence-electron chi connectivity index (χ2n) is 6.81. The Morgan fingerprint density at radius 3 is 2.47 bits per heavy atom. The first-order valence-corrected chi connectivity index (χ1v) is 9.35. The number of ether oxygens (including phenoxy) is 1. The molecule has 0 atom stereocenters. The molecule has 0 unspecified atom stereocenters. The fraction of sp³-hybridized carbons (Fsp3) is 0.273. The van der Waals surface area contributed by atoms with Crippen LogP contribution < -0.4 is 10.1 Å². The standard InChI is InChI=1S/C22H21F3N2O3/c1-15-2-6-17(7-3-15)19-13-27-21(30-19)11-10-20(28)26-12-16-4-8-18(9-5-16)29-14-22(23,24)25/h2-9,13H,10-12,14H2,1H3,(H,26,28). The van der Waals surface area contributed by atoms with E-state index in [1.807, 2.05) is 31.2 Å². The average molecular weight is 418 g/mol. The molecule has 0 spiro atoms. The van der Waals surface area contributed by atoms with Crippen LogP contribution in [0, 0.1) is 6.92 Å². The van der Waals surface area contributed by atoms with E-state index in [-0.39, 0.29) is 24.6 Å². The van der Waals surface area contributed by atoms with Crippen LogP contribution in [0.15, 0.2) is 59.1 Å². The first kappa shape index (κ1) is 21.4. The van der Waals surface area contributed by atoms with Gasteiger partial charge in [0.25, 0.3) is 0 Å². The number of nitrogens with zero attached hydrogens (tertiary/aromatic N) is 1. The van der Waals surface area contributed by atoms with Gasteiger partial charge in [0.1, 0.15) is 5.75 Å². The van der Waals surface area contributed by atoms with E-state index in [2.05, 4.69) is 15.0 Å². The zero-order chi connectivity index (χ0) is 21.6. The van der Waals surface area contributed by atoms with Crippen LogP contribution in [0.5, 0.6) is 5.75 Å². The van der Waals surface area contributed by atoms with Crippen LogP contribution in [0.2, 0.25) is 0 Å². The Hall–Kier alpha value is -3.29. The number of amides is 1. The molecule has 1 heterocycles. The van der Waals surface area contributed by atoms with Crippen LogP contribution in [0.3, 0.4) is 0 Å². The molecule has 0 aliphatic rings. The zero-order valence-corrected chi connectivity index (χ0v) is 16.3. The quantitative estimate of drug-likeness (QED) is 0.569. The number of rotatable bonds is 8. The summed E-state index contributed by atoms with van der Waals surface area (Å²) in [6.45, 7) is 0.929. The number of benzene rings is 2. The van der Waals surface area contributed by atoms with Gasteiger partial charge in [0.2, 0.25) is 5.91 Å². The SMILES string of the molecule is Cc1ccc(-c2cnc(CCC(=O)NCc3ccc(OCC(F)(F)F)cc3)o2)cc1. The summed E-state index contributed by atoms with van der Waals surface area (Å²) in [6.07, 6.45) is -2.17. The summed E-state index contributed by atoms with van der Waals surface area (Å²) in [4.78, 5) is 16.3. The Morgan fingerprint density at radius 2 is 1.80 bits per heavy atom. The van der Waals surface area contributed by atoms with Gasteiger partial charge in [-0.3, -0.25) is 4.79 Å². The predicted octanol–water partition coefficient (Wildman–Crippen LogP) is 4.84. The zero-order valence-electron chi connectivity index (χ0n) is 16.3. The molecule has 30 heavy (non-hydrogen) atoms. The molecule has 0 aliphatic carbocycles. The van der Waals surface area contributed by atoms with Crippen molar-refractivity contribution in [3.63, 3.8) is 0 Å². The van der Waals surface area contributed by atoms with Crippen LogP contribution in [0.1, 0.15) is 23.4 Å². The van der Waals surface area contributed by atoms with Gasteiger partial charge in [0.15, 0.2) is 18.3 Å². The van der Waals surface area contributed by atoms with Gasteiger partial charge in [-0.2, -0.15) is 13.2 Å². The lowest BCUT2D eigenvalue weighted by Gasteiger charge is -2.10. The maximum atomic E-state index is 12.1. The molecule has 5 nitrogen and oxygen atoms in total. The first-order chi connectivity index (χ1) is 14.3. The molecule has 0 fully saturated rings. The number of nitrogens with one attached hydrogen (secondary N) is 1. The summed E-state index contributed by atoms with van der Waals surface area (Å²) in [6, 6.07) is 14.0. The molecular formula is C22H21F3N2O3. The van der Waals surface area contributed by atoms with E-state index in [0.29, 0.717) is 18.1 Å². The Morgan fingerprint density at radius 1 is 1.10 bits per heavy atom. The van der Waals surface area contributed by atoms with Crippen molar-refractivity contribution in [3.05, 3.63) is 71.7 Å². The van der Waals surface area contributed by atoms with Crippen molar-refractivity contribution < 1.29 is 27.1 Å². The summed E-state index contributed by atoms with van der Waals surface area (Å²) in [5, 5.41) is 2.76. The number of carbonyl (C=O) groups excluding carboxylic acids is 1. The normalized spacial score (nSPS) is 11.3. The van der Waals surface area contributed by atoms with E-state index in [1.165, 1.54) is 12.1 Å². The van der Waals surface area contributed by atoms with E-state index in [9.17, 15) is 18.0 Å². The van der Waals surface area contributed by atoms with Gasteiger partial charge in [0, 0.05) is 24.9 Å². The predicted molar refractivity (Wildman–Crippen MR) is 105 cm³/mol. The molecule has 2 aromatic carbocycles. The number of hydrogen-bond acceptors (Lipinski definition) is 4. The third-order valence-electron chi connectivity index (χ3n) is 4.27. The lowest BCUT2D eigenvalue weighted by Crippen LogP contribution is -2.23. The molecule has 0 saturated heterocycles. The van der Waals surface area contributed by atoms with E-state index in [4.69, 9.17) is 4.42 Å². The molecule has 1 aromatic heterocycles. The first-order valence-electron chi connectivity index (χ1n) is 9.35. The second-order valence-corrected chi connectivity index (χ2v) is 6.81. The van der Waals surface area contributed by atoms with Crippen molar-refractivity contribution >= 4 is 5.91 Å². The van der Waals surface area contributed by atoms with Gasteiger partial charge < -0.3 is 14.5 Å². The fourth-order valence-corrected chi connectivity index (χ4v) is 2.66. The van der Waals surface area contributed by atoms with Crippen LogP contribution in [0.4, 0.5) is 13.2 Å². The number of carbonyl (C=O) groups is 1. The summed E-state index contributed by atoms with van der Waals surface area (Å²) < 4.78 is 46.8. The van der Waals surface area contributed by atoms with Crippen molar-refractivity contribution in [1.29, 1.82) is 0 Å². The van der Waals surface area contributed by atoms with Crippen molar-refractivity contribution in [2.75, 3.05) is 6.61 Å². The maximum Gasteiger partial charge on any atom is 0.422 e. The highest BCUT2D eigenvalue weighted by Crippen LogP contribution is 2.21. The van der Waals surface area contributed by atoms with Gasteiger partial charge in [-0.05, 0) is 24.6 Å². The van der Waals surface area contributed by atoms with Gasteiger partial charge in [-0.1, -0.05) is 42.0 Å². The molecule has 8 heteroatoms. The average Bonchev–Trinajstić information content (AvgIpc) is 3.19. The van der Waals surface area contributed by atoms with E-state index >= 15 is 0 Å². The highest BCUT2D eigenvalue weighted by molar-refractivity contribution is 5.76. The monoisotopic (exact) mass is 418 g/mol. The topological polar surface area (TPSA) is 64.4 Å². The largest absolute Gasteiger partial charge is 0.484 e. The smallest absolute Gasteiger partial charge is 0.422 e. The number of aryl methyl sites for hydroxylation is 2. The lowest BCUT2D eigenvalue weighted by atomic mass is 10.1. The third-order valence-corrected chi connectivity index (χ3v) is 4.27. The van der Waals surface area contributed by atoms with Crippen LogP contribution in [0.25, 0.3) is 11.3 Å². The van der Waals surface area contributed by atoms with Crippen LogP contribution >= 0.6 is 0 Å². The molecule has 158 valence electrons. The van der Waals surface area contributed by atoms with Crippen molar-refractivity contribution in [2.24, 2.45) is 0 Å². The van der Waals surface area contributed by atoms with E-state index in [0.717, 1.165) is 16.7 Å². The van der Waals surface area contributed by atoms with Crippen molar-refractivity contribution in [1.82, 2.24) is 10.3 Å². The van der Waals surface area contributed by atoms with Crippen LogP contribution in [-0.2, 0) is 17.8 Å². The van der Waals surface area contributed by atoms with Crippen molar-refractivity contribution in [2.45, 2.75) is 32.5 Å². The molecule has 3 rings (SSSR count). The summed E-state index contributed by atoms with van der Waals surface area (Å²) in [5.74, 6) is 1.07. The molecule has 1 N–H and O–H groups in total. The number of hydrogen-bond donors (Lipinski definition) is 1. The lowest BCUT2D eigenvalue weighted by molar-refractivity contribution is -0.153. The number of halogens is 3.